The molecule has 0 bridgehead atoms. The molecule has 4 heteroatoms. The van der Waals surface area contributed by atoms with E-state index in [0.717, 1.165) is 11.1 Å². The summed E-state index contributed by atoms with van der Waals surface area (Å²) in [6.45, 7) is 0. The van der Waals surface area contributed by atoms with Crippen molar-refractivity contribution in [2.24, 2.45) is 16.9 Å². The fourth-order valence-electron chi connectivity index (χ4n) is 2.03. The number of amidine groups is 2. The second-order valence-electron chi connectivity index (χ2n) is 4.36. The molecule has 0 fully saturated rings. The largest absolute Gasteiger partial charge is 0.387 e. The third-order valence-electron chi connectivity index (χ3n) is 3.26. The quantitative estimate of drug-likeness (QED) is 0.479. The maximum atomic E-state index is 7.61. The number of allylic oxidation sites excluding steroid dienone is 3. The van der Waals surface area contributed by atoms with Gasteiger partial charge in [-0.25, -0.2) is 0 Å². The van der Waals surface area contributed by atoms with E-state index in [4.69, 9.17) is 22.3 Å². The molecule has 0 amide bonds. The first-order chi connectivity index (χ1) is 8.56. The second-order valence-corrected chi connectivity index (χ2v) is 4.36. The maximum Gasteiger partial charge on any atom is 0.109 e. The first-order valence-electron chi connectivity index (χ1n) is 5.70. The number of benzene rings is 1. The minimum absolute atomic E-state index is 0.0883. The van der Waals surface area contributed by atoms with E-state index >= 15 is 0 Å². The fraction of sp³-hybridized carbons (Fsp3) is 0.143. The van der Waals surface area contributed by atoms with Gasteiger partial charge in [0, 0.05) is 0 Å². The Hall–Kier alpha value is -2.36. The summed E-state index contributed by atoms with van der Waals surface area (Å²) in [6, 6.07) is 9.95. The summed E-state index contributed by atoms with van der Waals surface area (Å²) in [6.07, 6.45) is 6.05. The third kappa shape index (κ3) is 1.93. The highest BCUT2D eigenvalue weighted by atomic mass is 14.8. The van der Waals surface area contributed by atoms with Gasteiger partial charge in [0.05, 0.1) is 0 Å². The van der Waals surface area contributed by atoms with Crippen molar-refractivity contribution < 1.29 is 0 Å². The molecular formula is C14H16N4. The van der Waals surface area contributed by atoms with Gasteiger partial charge in [-0.2, -0.15) is 0 Å². The molecule has 1 aromatic carbocycles. The lowest BCUT2D eigenvalue weighted by atomic mass is 9.77. The van der Waals surface area contributed by atoms with Gasteiger partial charge < -0.3 is 11.5 Å². The summed E-state index contributed by atoms with van der Waals surface area (Å²) >= 11 is 0. The van der Waals surface area contributed by atoms with Crippen molar-refractivity contribution >= 4 is 17.2 Å². The van der Waals surface area contributed by atoms with Crippen LogP contribution in [0.3, 0.4) is 0 Å². The number of hydrogen-bond acceptors (Lipinski definition) is 2. The molecule has 0 spiro atoms. The monoisotopic (exact) mass is 240 g/mol. The van der Waals surface area contributed by atoms with E-state index in [9.17, 15) is 0 Å². The van der Waals surface area contributed by atoms with Crippen molar-refractivity contribution in [3.8, 4) is 0 Å². The molecule has 0 heterocycles. The SMILES string of the molecule is N=C(N)C1(C(=N)N)C=CC(c2ccccc2)=CC1. The smallest absolute Gasteiger partial charge is 0.109 e. The lowest BCUT2D eigenvalue weighted by Gasteiger charge is -2.29. The molecule has 2 rings (SSSR count). The Labute approximate surface area is 106 Å². The number of nitrogens with two attached hydrogens (primary N) is 2. The van der Waals surface area contributed by atoms with E-state index in [1.807, 2.05) is 42.5 Å². The highest BCUT2D eigenvalue weighted by Crippen LogP contribution is 2.33. The zero-order valence-corrected chi connectivity index (χ0v) is 9.98. The average Bonchev–Trinajstić information content (AvgIpc) is 2.39. The molecule has 0 saturated carbocycles. The van der Waals surface area contributed by atoms with Gasteiger partial charge in [0.15, 0.2) is 0 Å². The summed E-state index contributed by atoms with van der Waals surface area (Å²) in [5.41, 5.74) is 12.4. The molecular weight excluding hydrogens is 224 g/mol. The Bertz CT molecular complexity index is 526. The van der Waals surface area contributed by atoms with Crippen LogP contribution in [-0.4, -0.2) is 11.7 Å². The van der Waals surface area contributed by atoms with Gasteiger partial charge in [-0.1, -0.05) is 48.6 Å². The van der Waals surface area contributed by atoms with Gasteiger partial charge >= 0.3 is 0 Å². The normalized spacial score (nSPS) is 22.3. The minimum atomic E-state index is -0.946. The Balaban J connectivity index is 2.31. The predicted molar refractivity (Wildman–Crippen MR) is 74.4 cm³/mol. The predicted octanol–water partition coefficient (Wildman–Crippen LogP) is 1.89. The molecule has 0 saturated heterocycles. The van der Waals surface area contributed by atoms with Crippen LogP contribution in [0.15, 0.2) is 48.6 Å². The van der Waals surface area contributed by atoms with Gasteiger partial charge in [0.2, 0.25) is 0 Å². The number of rotatable bonds is 3. The van der Waals surface area contributed by atoms with Gasteiger partial charge in [-0.3, -0.25) is 10.8 Å². The zero-order chi connectivity index (χ0) is 13.2. The van der Waals surface area contributed by atoms with Crippen LogP contribution in [0.2, 0.25) is 0 Å². The van der Waals surface area contributed by atoms with Crippen LogP contribution in [0.5, 0.6) is 0 Å². The Kier molecular flexibility index (Phi) is 3.02. The van der Waals surface area contributed by atoms with Crippen molar-refractivity contribution in [1.82, 2.24) is 0 Å². The van der Waals surface area contributed by atoms with E-state index < -0.39 is 5.41 Å². The Morgan fingerprint density at radius 1 is 1.06 bits per heavy atom. The van der Waals surface area contributed by atoms with Gasteiger partial charge in [0.25, 0.3) is 0 Å². The standard InChI is InChI=1S/C14H16N4/c15-12(16)14(13(17)18)8-6-11(7-9-14)10-4-2-1-3-5-10/h1-8H,9H2,(H3,15,16)(H3,17,18). The van der Waals surface area contributed by atoms with Crippen LogP contribution in [0.25, 0.3) is 5.57 Å². The van der Waals surface area contributed by atoms with Gasteiger partial charge in [-0.05, 0) is 17.6 Å². The molecule has 0 radical (unpaired) electrons. The van der Waals surface area contributed by atoms with Gasteiger partial charge in [0.1, 0.15) is 17.1 Å². The van der Waals surface area contributed by atoms with Crippen molar-refractivity contribution in [3.05, 3.63) is 54.1 Å². The van der Waals surface area contributed by atoms with E-state index in [1.165, 1.54) is 0 Å². The topological polar surface area (TPSA) is 99.7 Å². The van der Waals surface area contributed by atoms with Crippen LogP contribution >= 0.6 is 0 Å². The highest BCUT2D eigenvalue weighted by Gasteiger charge is 2.35. The van der Waals surface area contributed by atoms with Crippen LogP contribution in [-0.2, 0) is 0 Å². The molecule has 1 aromatic rings. The van der Waals surface area contributed by atoms with E-state index in [2.05, 4.69) is 0 Å². The molecule has 0 atom stereocenters. The minimum Gasteiger partial charge on any atom is -0.387 e. The third-order valence-corrected chi connectivity index (χ3v) is 3.26. The summed E-state index contributed by atoms with van der Waals surface area (Å²) in [7, 11) is 0. The first-order valence-corrected chi connectivity index (χ1v) is 5.70. The molecule has 92 valence electrons. The lowest BCUT2D eigenvalue weighted by Crippen LogP contribution is -2.45. The lowest BCUT2D eigenvalue weighted by molar-refractivity contribution is 0.705. The Morgan fingerprint density at radius 2 is 1.67 bits per heavy atom. The number of nitrogens with one attached hydrogen (secondary N) is 2. The Morgan fingerprint density at radius 3 is 2.11 bits per heavy atom. The fourth-order valence-corrected chi connectivity index (χ4v) is 2.03. The van der Waals surface area contributed by atoms with Crippen LogP contribution < -0.4 is 11.5 Å². The van der Waals surface area contributed by atoms with Crippen molar-refractivity contribution in [3.63, 3.8) is 0 Å². The second kappa shape index (κ2) is 4.49. The average molecular weight is 240 g/mol. The maximum absolute atomic E-state index is 7.61. The van der Waals surface area contributed by atoms with Crippen LogP contribution in [0.4, 0.5) is 0 Å². The molecule has 0 aliphatic heterocycles. The van der Waals surface area contributed by atoms with Crippen LogP contribution in [0.1, 0.15) is 12.0 Å². The van der Waals surface area contributed by atoms with Crippen molar-refractivity contribution in [2.45, 2.75) is 6.42 Å². The summed E-state index contributed by atoms with van der Waals surface area (Å²) in [4.78, 5) is 0. The van der Waals surface area contributed by atoms with E-state index in [0.29, 0.717) is 6.42 Å². The van der Waals surface area contributed by atoms with E-state index in [1.54, 1.807) is 6.08 Å². The first kappa shape index (κ1) is 12.1. The zero-order valence-electron chi connectivity index (χ0n) is 9.98. The summed E-state index contributed by atoms with van der Waals surface area (Å²) < 4.78 is 0. The molecule has 6 N–H and O–H groups in total. The molecule has 4 nitrogen and oxygen atoms in total. The number of hydrogen-bond donors (Lipinski definition) is 4. The molecule has 0 aromatic heterocycles. The molecule has 0 unspecified atom stereocenters. The highest BCUT2D eigenvalue weighted by molar-refractivity contribution is 6.09. The van der Waals surface area contributed by atoms with Crippen molar-refractivity contribution in [2.75, 3.05) is 0 Å². The van der Waals surface area contributed by atoms with Crippen molar-refractivity contribution in [1.29, 1.82) is 10.8 Å². The molecule has 1 aliphatic rings. The molecule has 1 aliphatic carbocycles. The summed E-state index contributed by atoms with van der Waals surface area (Å²) in [5.74, 6) is -0.177. The molecule has 18 heavy (non-hydrogen) atoms. The van der Waals surface area contributed by atoms with E-state index in [-0.39, 0.29) is 11.7 Å². The summed E-state index contributed by atoms with van der Waals surface area (Å²) in [5, 5.41) is 15.2. The van der Waals surface area contributed by atoms with Gasteiger partial charge in [-0.15, -0.1) is 0 Å². The van der Waals surface area contributed by atoms with Crippen LogP contribution in [0, 0.1) is 16.2 Å².